The summed E-state index contributed by atoms with van der Waals surface area (Å²) >= 11 is 0. The highest BCUT2D eigenvalue weighted by molar-refractivity contribution is 14.0. The van der Waals surface area contributed by atoms with Gasteiger partial charge in [0.1, 0.15) is 0 Å². The van der Waals surface area contributed by atoms with Crippen molar-refractivity contribution in [1.82, 2.24) is 15.5 Å². The minimum absolute atomic E-state index is 0. The fourth-order valence-electron chi connectivity index (χ4n) is 1.83. The van der Waals surface area contributed by atoms with Crippen LogP contribution < -0.4 is 10.6 Å². The van der Waals surface area contributed by atoms with Crippen LogP contribution in [0.4, 0.5) is 0 Å². The highest BCUT2D eigenvalue weighted by Gasteiger charge is 2.20. The van der Waals surface area contributed by atoms with E-state index in [0.717, 1.165) is 25.6 Å². The van der Waals surface area contributed by atoms with E-state index in [4.69, 9.17) is 0 Å². The highest BCUT2D eigenvalue weighted by Crippen LogP contribution is 2.02. The summed E-state index contributed by atoms with van der Waals surface area (Å²) in [6.45, 7) is 8.09. The maximum absolute atomic E-state index is 11.3. The van der Waals surface area contributed by atoms with Gasteiger partial charge in [0.25, 0.3) is 0 Å². The lowest BCUT2D eigenvalue weighted by atomic mass is 10.2. The Hall–Kier alpha value is -0.0900. The van der Waals surface area contributed by atoms with Gasteiger partial charge in [-0.2, -0.15) is 0 Å². The molecular formula is C12H27IN4O2S. The third kappa shape index (κ3) is 8.25. The van der Waals surface area contributed by atoms with Crippen molar-refractivity contribution in [3.05, 3.63) is 0 Å². The molecule has 0 aliphatic carbocycles. The second kappa shape index (κ2) is 9.78. The van der Waals surface area contributed by atoms with E-state index in [0.29, 0.717) is 19.0 Å². The van der Waals surface area contributed by atoms with E-state index in [1.807, 2.05) is 0 Å². The minimum atomic E-state index is -2.78. The molecule has 1 aliphatic heterocycles. The minimum Gasteiger partial charge on any atom is -0.356 e. The molecule has 8 heteroatoms. The van der Waals surface area contributed by atoms with Gasteiger partial charge in [0.2, 0.25) is 0 Å². The summed E-state index contributed by atoms with van der Waals surface area (Å²) in [5.74, 6) is 1.95. The smallest absolute Gasteiger partial charge is 0.191 e. The van der Waals surface area contributed by atoms with Crippen molar-refractivity contribution < 1.29 is 8.42 Å². The number of hydrogen-bond donors (Lipinski definition) is 2. The van der Waals surface area contributed by atoms with Crippen molar-refractivity contribution in [2.24, 2.45) is 10.9 Å². The molecule has 0 aromatic carbocycles. The third-order valence-corrected chi connectivity index (χ3v) is 4.67. The Morgan fingerprint density at radius 1 is 1.25 bits per heavy atom. The molecule has 0 aromatic rings. The molecule has 1 rings (SSSR count). The van der Waals surface area contributed by atoms with E-state index in [2.05, 4.69) is 34.4 Å². The van der Waals surface area contributed by atoms with E-state index in [9.17, 15) is 8.42 Å². The molecule has 0 amide bonds. The summed E-state index contributed by atoms with van der Waals surface area (Å²) in [5, 5.41) is 6.48. The van der Waals surface area contributed by atoms with Crippen LogP contribution >= 0.6 is 24.0 Å². The number of aliphatic imine (C=N–C) groups is 1. The molecule has 1 heterocycles. The molecule has 1 aliphatic rings. The van der Waals surface area contributed by atoms with Crippen molar-refractivity contribution in [2.75, 3.05) is 51.3 Å². The lowest BCUT2D eigenvalue weighted by Crippen LogP contribution is -2.46. The van der Waals surface area contributed by atoms with Crippen LogP contribution in [0.15, 0.2) is 4.99 Å². The fourth-order valence-corrected chi connectivity index (χ4v) is 3.10. The van der Waals surface area contributed by atoms with Gasteiger partial charge in [-0.1, -0.05) is 13.8 Å². The quantitative estimate of drug-likeness (QED) is 0.378. The average Bonchev–Trinajstić information content (AvgIpc) is 2.35. The van der Waals surface area contributed by atoms with Crippen LogP contribution in [0.2, 0.25) is 0 Å². The highest BCUT2D eigenvalue weighted by atomic mass is 127. The zero-order valence-corrected chi connectivity index (χ0v) is 15.7. The van der Waals surface area contributed by atoms with E-state index >= 15 is 0 Å². The molecule has 0 bridgehead atoms. The van der Waals surface area contributed by atoms with Gasteiger partial charge in [-0.25, -0.2) is 8.42 Å². The molecule has 0 atom stereocenters. The SMILES string of the molecule is CN=C(NCCN1CCS(=O)(=O)CC1)NCC(C)C.I. The molecule has 2 N–H and O–H groups in total. The van der Waals surface area contributed by atoms with Gasteiger partial charge in [0.05, 0.1) is 11.5 Å². The molecule has 6 nitrogen and oxygen atoms in total. The summed E-state index contributed by atoms with van der Waals surface area (Å²) in [6.07, 6.45) is 0. The first-order valence-corrected chi connectivity index (χ1v) is 8.62. The average molecular weight is 418 g/mol. The van der Waals surface area contributed by atoms with Gasteiger partial charge in [-0.15, -0.1) is 24.0 Å². The van der Waals surface area contributed by atoms with E-state index in [1.165, 1.54) is 0 Å². The molecule has 0 spiro atoms. The maximum atomic E-state index is 11.3. The molecule has 0 unspecified atom stereocenters. The monoisotopic (exact) mass is 418 g/mol. The first kappa shape index (κ1) is 19.9. The summed E-state index contributed by atoms with van der Waals surface area (Å²) in [6, 6.07) is 0. The number of halogens is 1. The standard InChI is InChI=1S/C12H26N4O2S.HI/c1-11(2)10-15-12(13-3)14-4-5-16-6-8-19(17,18)9-7-16;/h11H,4-10H2,1-3H3,(H2,13,14,15);1H. The van der Waals surface area contributed by atoms with Crippen molar-refractivity contribution in [3.8, 4) is 0 Å². The van der Waals surface area contributed by atoms with Crippen LogP contribution in [0.5, 0.6) is 0 Å². The summed E-state index contributed by atoms with van der Waals surface area (Å²) in [5.41, 5.74) is 0. The second-order valence-electron chi connectivity index (χ2n) is 5.27. The number of guanidine groups is 1. The molecular weight excluding hydrogens is 391 g/mol. The first-order chi connectivity index (χ1) is 8.93. The Balaban J connectivity index is 0.00000361. The number of nitrogens with one attached hydrogen (secondary N) is 2. The normalized spacial score (nSPS) is 19.5. The Kier molecular flexibility index (Phi) is 9.73. The van der Waals surface area contributed by atoms with Gasteiger partial charge in [0, 0.05) is 39.8 Å². The van der Waals surface area contributed by atoms with Crippen molar-refractivity contribution in [2.45, 2.75) is 13.8 Å². The Labute approximate surface area is 139 Å². The molecule has 0 radical (unpaired) electrons. The molecule has 20 heavy (non-hydrogen) atoms. The van der Waals surface area contributed by atoms with E-state index in [-0.39, 0.29) is 35.5 Å². The lowest BCUT2D eigenvalue weighted by Gasteiger charge is -2.26. The topological polar surface area (TPSA) is 73.8 Å². The molecule has 0 saturated carbocycles. The zero-order valence-electron chi connectivity index (χ0n) is 12.6. The van der Waals surface area contributed by atoms with Crippen molar-refractivity contribution >= 4 is 39.8 Å². The van der Waals surface area contributed by atoms with Gasteiger partial charge in [0.15, 0.2) is 15.8 Å². The summed E-state index contributed by atoms with van der Waals surface area (Å²) < 4.78 is 22.6. The number of sulfone groups is 1. The largest absolute Gasteiger partial charge is 0.356 e. The molecule has 1 fully saturated rings. The number of rotatable bonds is 5. The second-order valence-corrected chi connectivity index (χ2v) is 7.57. The van der Waals surface area contributed by atoms with Crippen LogP contribution in [0.1, 0.15) is 13.8 Å². The number of hydrogen-bond acceptors (Lipinski definition) is 4. The van der Waals surface area contributed by atoms with E-state index in [1.54, 1.807) is 7.05 Å². The Morgan fingerprint density at radius 3 is 2.35 bits per heavy atom. The maximum Gasteiger partial charge on any atom is 0.191 e. The Morgan fingerprint density at radius 2 is 1.85 bits per heavy atom. The number of nitrogens with zero attached hydrogens (tertiary/aromatic N) is 2. The van der Waals surface area contributed by atoms with Gasteiger partial charge >= 0.3 is 0 Å². The van der Waals surface area contributed by atoms with Gasteiger partial charge < -0.3 is 10.6 Å². The van der Waals surface area contributed by atoms with Gasteiger partial charge in [-0.3, -0.25) is 9.89 Å². The lowest BCUT2D eigenvalue weighted by molar-refractivity contribution is 0.299. The molecule has 1 saturated heterocycles. The predicted octanol–water partition coefficient (Wildman–Crippen LogP) is 0.156. The Bertz CT molecular complexity index is 384. The van der Waals surface area contributed by atoms with Crippen LogP contribution in [-0.4, -0.2) is 70.6 Å². The van der Waals surface area contributed by atoms with Crippen LogP contribution in [0.25, 0.3) is 0 Å². The molecule has 120 valence electrons. The summed E-state index contributed by atoms with van der Waals surface area (Å²) in [4.78, 5) is 6.32. The van der Waals surface area contributed by atoms with Gasteiger partial charge in [-0.05, 0) is 5.92 Å². The zero-order chi connectivity index (χ0) is 14.3. The fraction of sp³-hybridized carbons (Fsp3) is 0.917. The first-order valence-electron chi connectivity index (χ1n) is 6.80. The third-order valence-electron chi connectivity index (χ3n) is 3.06. The molecule has 0 aromatic heterocycles. The summed E-state index contributed by atoms with van der Waals surface area (Å²) in [7, 11) is -1.02. The van der Waals surface area contributed by atoms with Crippen LogP contribution in [0, 0.1) is 5.92 Å². The van der Waals surface area contributed by atoms with E-state index < -0.39 is 9.84 Å². The van der Waals surface area contributed by atoms with Crippen molar-refractivity contribution in [1.29, 1.82) is 0 Å². The van der Waals surface area contributed by atoms with Crippen LogP contribution in [-0.2, 0) is 9.84 Å². The van der Waals surface area contributed by atoms with Crippen LogP contribution in [0.3, 0.4) is 0 Å². The predicted molar refractivity (Wildman–Crippen MR) is 94.7 cm³/mol. The van der Waals surface area contributed by atoms with Crippen molar-refractivity contribution in [3.63, 3.8) is 0 Å².